The molecule has 2 aromatic carbocycles. The molecule has 0 saturated carbocycles. The van der Waals surface area contributed by atoms with Crippen LogP contribution in [0.25, 0.3) is 5.57 Å². The average molecular weight is 459 g/mol. The second kappa shape index (κ2) is 9.88. The first-order chi connectivity index (χ1) is 15.3. The molecule has 1 fully saturated rings. The van der Waals surface area contributed by atoms with E-state index in [0.29, 0.717) is 17.1 Å². The molecular formula is C25H34N2O4S. The molecule has 32 heavy (non-hydrogen) atoms. The van der Waals surface area contributed by atoms with Crippen molar-refractivity contribution in [2.75, 3.05) is 19.3 Å². The number of nitrogens with one attached hydrogen (secondary N) is 1. The molecule has 0 radical (unpaired) electrons. The van der Waals surface area contributed by atoms with Gasteiger partial charge in [0.2, 0.25) is 5.91 Å². The molecule has 2 unspecified atom stereocenters. The number of aryl methyl sites for hydroxylation is 1. The van der Waals surface area contributed by atoms with Gasteiger partial charge in [0.1, 0.15) is 11.5 Å². The molecular weight excluding hydrogens is 424 g/mol. The summed E-state index contributed by atoms with van der Waals surface area (Å²) >= 11 is 0. The highest BCUT2D eigenvalue weighted by atomic mass is 32.2. The van der Waals surface area contributed by atoms with E-state index in [1.54, 1.807) is 37.1 Å². The molecule has 0 spiro atoms. The minimum Gasteiger partial charge on any atom is -0.457 e. The zero-order valence-electron chi connectivity index (χ0n) is 19.4. The maximum absolute atomic E-state index is 12.6. The van der Waals surface area contributed by atoms with Crippen molar-refractivity contribution >= 4 is 21.3 Å². The maximum Gasteiger partial charge on any atom is 0.244 e. The molecule has 1 saturated heterocycles. The van der Waals surface area contributed by atoms with Gasteiger partial charge in [0.15, 0.2) is 9.84 Å². The Morgan fingerprint density at radius 1 is 1.16 bits per heavy atom. The summed E-state index contributed by atoms with van der Waals surface area (Å²) < 4.78 is 31.3. The molecule has 7 heteroatoms. The van der Waals surface area contributed by atoms with Crippen LogP contribution < -0.4 is 10.1 Å². The number of nitrogens with zero attached hydrogens (tertiary/aromatic N) is 1. The molecule has 2 aliphatic rings. The van der Waals surface area contributed by atoms with Crippen LogP contribution in [0.4, 0.5) is 0 Å². The third-order valence-electron chi connectivity index (χ3n) is 5.82. The van der Waals surface area contributed by atoms with Crippen molar-refractivity contribution in [3.05, 3.63) is 59.8 Å². The number of hydrogen-bond acceptors (Lipinski definition) is 5. The van der Waals surface area contributed by atoms with Gasteiger partial charge in [-0.3, -0.25) is 4.79 Å². The van der Waals surface area contributed by atoms with Gasteiger partial charge in [0.25, 0.3) is 0 Å². The van der Waals surface area contributed by atoms with E-state index in [9.17, 15) is 13.2 Å². The molecule has 2 aromatic rings. The smallest absolute Gasteiger partial charge is 0.244 e. The molecule has 1 amide bonds. The lowest BCUT2D eigenvalue weighted by Crippen LogP contribution is -2.46. The summed E-state index contributed by atoms with van der Waals surface area (Å²) in [5.41, 5.74) is 2.76. The molecule has 0 bridgehead atoms. The van der Waals surface area contributed by atoms with E-state index < -0.39 is 9.84 Å². The Balaban J connectivity index is 0.00000125. The molecule has 4 rings (SSSR count). The summed E-state index contributed by atoms with van der Waals surface area (Å²) in [7, 11) is -1.65. The second-order valence-corrected chi connectivity index (χ2v) is 10.1. The number of fused-ring (bicyclic) bond motifs is 1. The Hall–Kier alpha value is -2.64. The van der Waals surface area contributed by atoms with Gasteiger partial charge in [-0.15, -0.1) is 0 Å². The number of amides is 1. The van der Waals surface area contributed by atoms with E-state index in [4.69, 9.17) is 4.74 Å². The van der Waals surface area contributed by atoms with Gasteiger partial charge in [-0.05, 0) is 55.8 Å². The average Bonchev–Trinajstić information content (AvgIpc) is 3.30. The topological polar surface area (TPSA) is 75.7 Å². The molecule has 174 valence electrons. The van der Waals surface area contributed by atoms with E-state index in [1.165, 1.54) is 0 Å². The summed E-state index contributed by atoms with van der Waals surface area (Å²) in [5, 5.41) is 3.28. The number of rotatable bonds is 5. The number of likely N-dealkylation sites (N-methyl/N-ethyl adjacent to an activating group) is 1. The van der Waals surface area contributed by atoms with Crippen molar-refractivity contribution in [2.45, 2.75) is 45.1 Å². The molecule has 1 N–H and O–H groups in total. The van der Waals surface area contributed by atoms with Crippen molar-refractivity contribution in [3.63, 3.8) is 0 Å². The lowest BCUT2D eigenvalue weighted by atomic mass is 9.84. The van der Waals surface area contributed by atoms with Gasteiger partial charge in [-0.2, -0.15) is 0 Å². The molecule has 0 aliphatic carbocycles. The predicted molar refractivity (Wildman–Crippen MR) is 130 cm³/mol. The summed E-state index contributed by atoms with van der Waals surface area (Å²) in [6, 6.07) is 12.4. The van der Waals surface area contributed by atoms with E-state index in [1.807, 2.05) is 51.2 Å². The number of carbonyl (C=O) groups excluding carboxylic acids is 1. The monoisotopic (exact) mass is 458 g/mol. The highest BCUT2D eigenvalue weighted by molar-refractivity contribution is 7.91. The Kier molecular flexibility index (Phi) is 7.41. The fourth-order valence-electron chi connectivity index (χ4n) is 4.07. The molecule has 2 heterocycles. The van der Waals surface area contributed by atoms with Gasteiger partial charge < -0.3 is 15.0 Å². The van der Waals surface area contributed by atoms with E-state index in [2.05, 4.69) is 5.32 Å². The molecule has 6 nitrogen and oxygen atoms in total. The van der Waals surface area contributed by atoms with Crippen LogP contribution in [0.1, 0.15) is 39.7 Å². The van der Waals surface area contributed by atoms with Gasteiger partial charge in [-0.25, -0.2) is 8.42 Å². The SMILES string of the molecule is CC.CCS(=O)(=O)c1ccc(Oc2ccc(C)cc2)c(C2=CN(C)C(=O)C3NCCC23)c1.[HH]. The van der Waals surface area contributed by atoms with Crippen molar-refractivity contribution in [1.29, 1.82) is 0 Å². The minimum atomic E-state index is -3.38. The van der Waals surface area contributed by atoms with Gasteiger partial charge >= 0.3 is 0 Å². The molecule has 0 aromatic heterocycles. The van der Waals surface area contributed by atoms with Gasteiger partial charge in [0.05, 0.1) is 16.7 Å². The van der Waals surface area contributed by atoms with Gasteiger partial charge in [-0.1, -0.05) is 38.5 Å². The normalized spacial score (nSPS) is 20.2. The summed E-state index contributed by atoms with van der Waals surface area (Å²) in [4.78, 5) is 14.4. The third kappa shape index (κ3) is 4.74. The first kappa shape index (κ1) is 24.0. The van der Waals surface area contributed by atoms with Crippen LogP contribution in [0, 0.1) is 12.8 Å². The molecule has 2 atom stereocenters. The largest absolute Gasteiger partial charge is 0.457 e. The van der Waals surface area contributed by atoms with Crippen molar-refractivity contribution in [1.82, 2.24) is 10.2 Å². The second-order valence-electron chi connectivity index (χ2n) is 7.84. The summed E-state index contributed by atoms with van der Waals surface area (Å²) in [6.45, 7) is 8.38. The lowest BCUT2D eigenvalue weighted by Gasteiger charge is -2.32. The number of benzene rings is 2. The standard InChI is InChI=1S/C23H26N2O4S.C2H6.H2/c1-4-30(27,28)17-9-10-21(29-16-7-5-15(2)6-8-16)19(13-17)20-14-25(3)23(26)22-18(20)11-12-24-22;1-2;/h5-10,13-14,18,22,24H,4,11-12H2,1-3H3;1-2H3;1H. The maximum atomic E-state index is 12.6. The fourth-order valence-corrected chi connectivity index (χ4v) is 4.98. The number of sulfone groups is 1. The van der Waals surface area contributed by atoms with Crippen LogP contribution in [-0.2, 0) is 14.6 Å². The van der Waals surface area contributed by atoms with Gasteiger partial charge in [0, 0.05) is 26.2 Å². The Morgan fingerprint density at radius 3 is 2.50 bits per heavy atom. The Morgan fingerprint density at radius 2 is 1.84 bits per heavy atom. The van der Waals surface area contributed by atoms with Crippen molar-refractivity contribution in [3.8, 4) is 11.5 Å². The van der Waals surface area contributed by atoms with E-state index in [0.717, 1.165) is 24.1 Å². The quantitative estimate of drug-likeness (QED) is 0.706. The first-order valence-corrected chi connectivity index (χ1v) is 12.8. The number of carbonyl (C=O) groups is 1. The van der Waals surface area contributed by atoms with E-state index in [-0.39, 0.29) is 29.9 Å². The zero-order chi connectivity index (χ0) is 23.5. The zero-order valence-corrected chi connectivity index (χ0v) is 20.2. The fraction of sp³-hybridized carbons (Fsp3) is 0.400. The highest BCUT2D eigenvalue weighted by Gasteiger charge is 2.41. The first-order valence-electron chi connectivity index (χ1n) is 11.1. The van der Waals surface area contributed by atoms with Crippen LogP contribution in [-0.4, -0.2) is 44.6 Å². The number of hydrogen-bond donors (Lipinski definition) is 1. The Bertz CT molecular complexity index is 1110. The van der Waals surface area contributed by atoms with E-state index >= 15 is 0 Å². The summed E-state index contributed by atoms with van der Waals surface area (Å²) in [5.74, 6) is 1.28. The highest BCUT2D eigenvalue weighted by Crippen LogP contribution is 2.41. The third-order valence-corrected chi connectivity index (χ3v) is 7.55. The van der Waals surface area contributed by atoms with Crippen LogP contribution >= 0.6 is 0 Å². The predicted octanol–water partition coefficient (Wildman–Crippen LogP) is 4.64. The minimum absolute atomic E-state index is 0. The molecule has 2 aliphatic heterocycles. The van der Waals surface area contributed by atoms with Crippen molar-refractivity contribution in [2.24, 2.45) is 5.92 Å². The number of ether oxygens (including phenoxy) is 1. The summed E-state index contributed by atoms with van der Waals surface area (Å²) in [6.07, 6.45) is 2.63. The lowest BCUT2D eigenvalue weighted by molar-refractivity contribution is -0.130. The van der Waals surface area contributed by atoms with Crippen LogP contribution in [0.5, 0.6) is 11.5 Å². The Labute approximate surface area is 192 Å². The van der Waals surface area contributed by atoms with Crippen LogP contribution in [0.15, 0.2) is 53.6 Å². The van der Waals surface area contributed by atoms with Crippen LogP contribution in [0.3, 0.4) is 0 Å². The van der Waals surface area contributed by atoms with Crippen LogP contribution in [0.2, 0.25) is 0 Å². The van der Waals surface area contributed by atoms with Crippen molar-refractivity contribution < 1.29 is 19.4 Å².